The molecule has 0 N–H and O–H groups in total. The molecule has 0 aliphatic rings. The fourth-order valence-electron chi connectivity index (χ4n) is 3.29. The number of carbonyl (C=O) groups is 1. The first-order chi connectivity index (χ1) is 16.5. The van der Waals surface area contributed by atoms with E-state index in [0.29, 0.717) is 33.0 Å². The molecule has 0 aliphatic carbocycles. The van der Waals surface area contributed by atoms with E-state index in [0.717, 1.165) is 11.3 Å². The molecule has 2 aromatic carbocycles. The standard InChI is InChI=1S/C26H19N3O4S/c1-32-20-10-6-17(7-11-20)24(30)22(16-27)26-29(19-8-12-21(33-2)13-9-19)25(31)23(34-26)15-18-5-3-4-14-28-18/h3-15H,1-2H3/b23-15-,26-22-. The molecule has 0 fully saturated rings. The van der Waals surface area contributed by atoms with Gasteiger partial charge in [-0.25, -0.2) is 0 Å². The highest BCUT2D eigenvalue weighted by Crippen LogP contribution is 2.16. The van der Waals surface area contributed by atoms with Crippen LogP contribution in [0.5, 0.6) is 11.5 Å². The third-order valence-corrected chi connectivity index (χ3v) is 6.12. The molecule has 0 amide bonds. The van der Waals surface area contributed by atoms with Crippen molar-refractivity contribution in [3.8, 4) is 23.3 Å². The number of pyridine rings is 1. The fourth-order valence-corrected chi connectivity index (χ4v) is 4.38. The van der Waals surface area contributed by atoms with Gasteiger partial charge in [-0.2, -0.15) is 5.26 Å². The Morgan fingerprint density at radius 1 is 1.00 bits per heavy atom. The van der Waals surface area contributed by atoms with Crippen LogP contribution >= 0.6 is 11.3 Å². The summed E-state index contributed by atoms with van der Waals surface area (Å²) < 4.78 is 12.3. The monoisotopic (exact) mass is 469 g/mol. The van der Waals surface area contributed by atoms with Crippen molar-refractivity contribution in [2.24, 2.45) is 0 Å². The molecule has 0 radical (unpaired) electrons. The number of hydrogen-bond donors (Lipinski definition) is 0. The minimum atomic E-state index is -0.488. The number of aromatic nitrogens is 2. The number of Topliss-reactive ketones (excluding diaryl/α,β-unsaturated/α-hetero) is 1. The highest BCUT2D eigenvalue weighted by atomic mass is 32.1. The molecule has 2 heterocycles. The lowest BCUT2D eigenvalue weighted by molar-refractivity contribution is 0.105. The zero-order chi connectivity index (χ0) is 24.1. The second kappa shape index (κ2) is 9.98. The van der Waals surface area contributed by atoms with E-state index >= 15 is 0 Å². The van der Waals surface area contributed by atoms with E-state index in [1.54, 1.807) is 80.0 Å². The van der Waals surface area contributed by atoms with Crippen molar-refractivity contribution in [2.75, 3.05) is 14.2 Å². The van der Waals surface area contributed by atoms with Crippen molar-refractivity contribution in [1.29, 1.82) is 5.26 Å². The molecule has 0 saturated heterocycles. The maximum absolute atomic E-state index is 13.4. The lowest BCUT2D eigenvalue weighted by atomic mass is 10.1. The number of hydrogen-bond acceptors (Lipinski definition) is 7. The molecule has 0 saturated carbocycles. The van der Waals surface area contributed by atoms with Crippen LogP contribution in [0.2, 0.25) is 0 Å². The Kier molecular flexibility index (Phi) is 6.67. The second-order valence-corrected chi connectivity index (χ2v) is 8.08. The van der Waals surface area contributed by atoms with Crippen LogP contribution < -0.4 is 24.2 Å². The lowest BCUT2D eigenvalue weighted by Gasteiger charge is -2.06. The number of methoxy groups -OCH3 is 2. The molecule has 0 unspecified atom stereocenters. The molecule has 4 aromatic rings. The van der Waals surface area contributed by atoms with Gasteiger partial charge in [-0.15, -0.1) is 11.3 Å². The quantitative estimate of drug-likeness (QED) is 0.403. The van der Waals surface area contributed by atoms with Crippen LogP contribution in [0.4, 0.5) is 0 Å². The van der Waals surface area contributed by atoms with Gasteiger partial charge in [0.1, 0.15) is 27.8 Å². The number of ketones is 1. The molecule has 34 heavy (non-hydrogen) atoms. The highest BCUT2D eigenvalue weighted by Gasteiger charge is 2.19. The second-order valence-electron chi connectivity index (χ2n) is 7.05. The highest BCUT2D eigenvalue weighted by molar-refractivity contribution is 7.07. The van der Waals surface area contributed by atoms with Crippen molar-refractivity contribution in [3.05, 3.63) is 104 Å². The zero-order valence-corrected chi connectivity index (χ0v) is 19.2. The van der Waals surface area contributed by atoms with Crippen molar-refractivity contribution in [2.45, 2.75) is 0 Å². The molecule has 0 atom stereocenters. The van der Waals surface area contributed by atoms with Crippen LogP contribution in [-0.2, 0) is 0 Å². The molecular formula is C26H19N3O4S. The zero-order valence-electron chi connectivity index (χ0n) is 18.4. The molecule has 168 valence electrons. The maximum atomic E-state index is 13.4. The first-order valence-corrected chi connectivity index (χ1v) is 11.0. The predicted molar refractivity (Wildman–Crippen MR) is 130 cm³/mol. The summed E-state index contributed by atoms with van der Waals surface area (Å²) in [5, 5.41) is 9.97. The fraction of sp³-hybridized carbons (Fsp3) is 0.0769. The van der Waals surface area contributed by atoms with E-state index in [1.165, 1.54) is 11.7 Å². The molecule has 0 aliphatic heterocycles. The van der Waals surface area contributed by atoms with Crippen molar-refractivity contribution < 1.29 is 14.3 Å². The number of rotatable bonds is 6. The van der Waals surface area contributed by atoms with Gasteiger partial charge in [0.15, 0.2) is 0 Å². The maximum Gasteiger partial charge on any atom is 0.273 e. The third-order valence-electron chi connectivity index (χ3n) is 5.03. The normalized spacial score (nSPS) is 12.1. The Morgan fingerprint density at radius 2 is 1.65 bits per heavy atom. The molecular weight excluding hydrogens is 450 g/mol. The number of nitriles is 1. The van der Waals surface area contributed by atoms with E-state index in [9.17, 15) is 14.9 Å². The van der Waals surface area contributed by atoms with E-state index in [4.69, 9.17) is 9.47 Å². The Hall–Kier alpha value is -4.48. The topological polar surface area (TPSA) is 94.2 Å². The molecule has 0 bridgehead atoms. The van der Waals surface area contributed by atoms with E-state index in [1.807, 2.05) is 12.1 Å². The number of nitrogens with zero attached hydrogens (tertiary/aromatic N) is 3. The van der Waals surface area contributed by atoms with E-state index in [2.05, 4.69) is 4.98 Å². The van der Waals surface area contributed by atoms with Gasteiger partial charge in [0, 0.05) is 11.8 Å². The Bertz CT molecular complexity index is 1550. The summed E-state index contributed by atoms with van der Waals surface area (Å²) >= 11 is 1.07. The van der Waals surface area contributed by atoms with Gasteiger partial charge in [0.2, 0.25) is 5.78 Å². The summed E-state index contributed by atoms with van der Waals surface area (Å²) in [6.45, 7) is 0. The summed E-state index contributed by atoms with van der Waals surface area (Å²) in [5.74, 6) is 0.722. The third kappa shape index (κ3) is 4.51. The smallest absolute Gasteiger partial charge is 0.273 e. The van der Waals surface area contributed by atoms with Crippen LogP contribution in [0, 0.1) is 11.3 Å². The van der Waals surface area contributed by atoms with Crippen molar-refractivity contribution >= 4 is 28.8 Å². The number of benzene rings is 2. The van der Waals surface area contributed by atoms with E-state index < -0.39 is 5.78 Å². The molecule has 7 nitrogen and oxygen atoms in total. The summed E-state index contributed by atoms with van der Waals surface area (Å²) in [7, 11) is 3.08. The average molecular weight is 470 g/mol. The summed E-state index contributed by atoms with van der Waals surface area (Å²) in [6.07, 6.45) is 3.27. The largest absolute Gasteiger partial charge is 0.497 e. The van der Waals surface area contributed by atoms with Gasteiger partial charge in [-0.05, 0) is 66.7 Å². The van der Waals surface area contributed by atoms with Crippen LogP contribution in [0.3, 0.4) is 0 Å². The Labute approximate surface area is 199 Å². The summed E-state index contributed by atoms with van der Waals surface area (Å²) in [6, 6.07) is 20.7. The predicted octanol–water partition coefficient (Wildman–Crippen LogP) is 2.70. The van der Waals surface area contributed by atoms with Gasteiger partial charge in [-0.1, -0.05) is 6.07 Å². The molecule has 2 aromatic heterocycles. The number of carbonyl (C=O) groups excluding carboxylic acids is 1. The van der Waals surface area contributed by atoms with Gasteiger partial charge < -0.3 is 9.47 Å². The van der Waals surface area contributed by atoms with Crippen LogP contribution in [-0.4, -0.2) is 29.6 Å². The Balaban J connectivity index is 2.00. The van der Waals surface area contributed by atoms with Crippen LogP contribution in [0.25, 0.3) is 17.3 Å². The first kappa shape index (κ1) is 22.7. The van der Waals surface area contributed by atoms with Crippen LogP contribution in [0.15, 0.2) is 77.7 Å². The number of thiazole rings is 1. The van der Waals surface area contributed by atoms with Gasteiger partial charge in [0.05, 0.1) is 30.1 Å². The lowest BCUT2D eigenvalue weighted by Crippen LogP contribution is -2.31. The van der Waals surface area contributed by atoms with Crippen molar-refractivity contribution in [1.82, 2.24) is 9.55 Å². The van der Waals surface area contributed by atoms with Gasteiger partial charge in [0.25, 0.3) is 5.56 Å². The molecule has 4 rings (SSSR count). The van der Waals surface area contributed by atoms with Gasteiger partial charge >= 0.3 is 0 Å². The molecule has 8 heteroatoms. The SMILES string of the molecule is COc1ccc(C(=O)/C(C#N)=c2\s/c(=C\c3ccccn3)c(=O)n2-c2ccc(OC)cc2)cc1. The number of ether oxygens (including phenoxy) is 2. The minimum absolute atomic E-state index is 0.135. The van der Waals surface area contributed by atoms with Crippen molar-refractivity contribution in [3.63, 3.8) is 0 Å². The summed E-state index contributed by atoms with van der Waals surface area (Å²) in [4.78, 5) is 31.0. The summed E-state index contributed by atoms with van der Waals surface area (Å²) in [5.41, 5.74) is 0.923. The minimum Gasteiger partial charge on any atom is -0.497 e. The molecule has 0 spiro atoms. The van der Waals surface area contributed by atoms with Gasteiger partial charge in [-0.3, -0.25) is 19.1 Å². The average Bonchev–Trinajstić information content (AvgIpc) is 3.20. The first-order valence-electron chi connectivity index (χ1n) is 10.2. The Morgan fingerprint density at radius 3 is 2.21 bits per heavy atom. The van der Waals surface area contributed by atoms with E-state index in [-0.39, 0.29) is 15.8 Å². The van der Waals surface area contributed by atoms with Crippen LogP contribution in [0.1, 0.15) is 16.1 Å².